The molecule has 92 valence electrons. The zero-order valence-corrected chi connectivity index (χ0v) is 9.52. The van der Waals surface area contributed by atoms with Crippen molar-refractivity contribution in [3.8, 4) is 17.5 Å². The minimum Gasteiger partial charge on any atom is -0.332 e. The van der Waals surface area contributed by atoms with E-state index in [1.54, 1.807) is 24.3 Å². The number of imidazole rings is 1. The molecule has 0 saturated carbocycles. The second kappa shape index (κ2) is 3.96. The average molecular weight is 253 g/mol. The first-order chi connectivity index (χ1) is 9.17. The molecule has 0 radical (unpaired) electrons. The largest absolute Gasteiger partial charge is 0.332 e. The highest BCUT2D eigenvalue weighted by Gasteiger charge is 2.09. The van der Waals surface area contributed by atoms with Crippen molar-refractivity contribution in [2.45, 2.75) is 0 Å². The summed E-state index contributed by atoms with van der Waals surface area (Å²) in [5.74, 6) is 0.416. The first-order valence-corrected chi connectivity index (χ1v) is 5.40. The predicted octanol–water partition coefficient (Wildman–Crippen LogP) is 0.478. The molecule has 7 nitrogen and oxygen atoms in total. The Balaban J connectivity index is 2.26. The standard InChI is InChI=1S/C12H7N5O2/c13-5-6-2-1-3-7(4-6)9-14-8-10(15-9)16-12(19)17-11(8)18/h1-4H,(H3,14,15,16,17,18,19). The number of H-pyrrole nitrogens is 3. The molecule has 0 amide bonds. The number of nitriles is 1. The van der Waals surface area contributed by atoms with Crippen molar-refractivity contribution in [1.82, 2.24) is 19.9 Å². The maximum Gasteiger partial charge on any atom is 0.327 e. The Morgan fingerprint density at radius 3 is 2.79 bits per heavy atom. The van der Waals surface area contributed by atoms with E-state index in [1.807, 2.05) is 6.07 Å². The molecule has 0 bridgehead atoms. The van der Waals surface area contributed by atoms with Crippen LogP contribution in [0.5, 0.6) is 0 Å². The first-order valence-electron chi connectivity index (χ1n) is 5.40. The summed E-state index contributed by atoms with van der Waals surface area (Å²) in [6.45, 7) is 0. The van der Waals surface area contributed by atoms with Crippen LogP contribution in [0.4, 0.5) is 0 Å². The zero-order chi connectivity index (χ0) is 13.4. The maximum absolute atomic E-state index is 11.6. The third kappa shape index (κ3) is 1.81. The lowest BCUT2D eigenvalue weighted by atomic mass is 10.1. The van der Waals surface area contributed by atoms with Crippen molar-refractivity contribution in [2.24, 2.45) is 0 Å². The van der Waals surface area contributed by atoms with Gasteiger partial charge in [-0.1, -0.05) is 12.1 Å². The number of aromatic nitrogens is 4. The highest BCUT2D eigenvalue weighted by Crippen LogP contribution is 2.18. The number of hydrogen-bond acceptors (Lipinski definition) is 4. The molecule has 0 aliphatic heterocycles. The third-order valence-corrected chi connectivity index (χ3v) is 2.65. The van der Waals surface area contributed by atoms with E-state index in [0.29, 0.717) is 17.0 Å². The van der Waals surface area contributed by atoms with Gasteiger partial charge in [-0.2, -0.15) is 5.26 Å². The van der Waals surface area contributed by atoms with Gasteiger partial charge in [0, 0.05) is 5.56 Å². The number of nitrogens with one attached hydrogen (secondary N) is 3. The van der Waals surface area contributed by atoms with Gasteiger partial charge in [-0.3, -0.25) is 14.8 Å². The van der Waals surface area contributed by atoms with Gasteiger partial charge >= 0.3 is 5.69 Å². The Bertz CT molecular complexity index is 925. The van der Waals surface area contributed by atoms with Gasteiger partial charge in [-0.25, -0.2) is 9.78 Å². The molecule has 0 unspecified atom stereocenters. The molecule has 1 aromatic carbocycles. The fourth-order valence-corrected chi connectivity index (χ4v) is 1.81. The molecule has 3 rings (SSSR count). The Hall–Kier alpha value is -3.14. The van der Waals surface area contributed by atoms with Crippen molar-refractivity contribution in [3.05, 3.63) is 50.7 Å². The van der Waals surface area contributed by atoms with Gasteiger partial charge in [-0.15, -0.1) is 0 Å². The summed E-state index contributed by atoms with van der Waals surface area (Å²) in [5, 5.41) is 8.85. The van der Waals surface area contributed by atoms with Crippen molar-refractivity contribution >= 4 is 11.2 Å². The Labute approximate surface area is 105 Å². The van der Waals surface area contributed by atoms with E-state index in [1.165, 1.54) is 0 Å². The van der Waals surface area contributed by atoms with Gasteiger partial charge in [0.2, 0.25) is 0 Å². The van der Waals surface area contributed by atoms with Crippen LogP contribution in [0.1, 0.15) is 5.56 Å². The average Bonchev–Trinajstić information content (AvgIpc) is 2.83. The quantitative estimate of drug-likeness (QED) is 0.584. The molecule has 7 heteroatoms. The summed E-state index contributed by atoms with van der Waals surface area (Å²) < 4.78 is 0. The fraction of sp³-hybridized carbons (Fsp3) is 0. The van der Waals surface area contributed by atoms with E-state index < -0.39 is 11.2 Å². The Kier molecular flexibility index (Phi) is 2.29. The molecular weight excluding hydrogens is 246 g/mol. The minimum absolute atomic E-state index is 0.186. The van der Waals surface area contributed by atoms with Crippen LogP contribution in [0.3, 0.4) is 0 Å². The molecule has 0 aliphatic rings. The van der Waals surface area contributed by atoms with Crippen LogP contribution >= 0.6 is 0 Å². The topological polar surface area (TPSA) is 118 Å². The van der Waals surface area contributed by atoms with Crippen molar-refractivity contribution < 1.29 is 0 Å². The number of hydrogen-bond donors (Lipinski definition) is 3. The molecular formula is C12H7N5O2. The van der Waals surface area contributed by atoms with Gasteiger partial charge in [0.25, 0.3) is 5.56 Å². The minimum atomic E-state index is -0.610. The highest BCUT2D eigenvalue weighted by molar-refractivity contribution is 5.74. The van der Waals surface area contributed by atoms with Gasteiger partial charge in [-0.05, 0) is 12.1 Å². The maximum atomic E-state index is 11.6. The van der Waals surface area contributed by atoms with E-state index >= 15 is 0 Å². The smallest absolute Gasteiger partial charge is 0.327 e. The van der Waals surface area contributed by atoms with Crippen molar-refractivity contribution in [1.29, 1.82) is 5.26 Å². The van der Waals surface area contributed by atoms with Crippen LogP contribution in [0.25, 0.3) is 22.6 Å². The summed E-state index contributed by atoms with van der Waals surface area (Å²) in [6.07, 6.45) is 0. The van der Waals surface area contributed by atoms with Crippen LogP contribution < -0.4 is 11.2 Å². The molecule has 3 aromatic rings. The normalized spacial score (nSPS) is 10.5. The molecule has 0 saturated heterocycles. The highest BCUT2D eigenvalue weighted by atomic mass is 16.2. The van der Waals surface area contributed by atoms with Crippen LogP contribution in [0.2, 0.25) is 0 Å². The van der Waals surface area contributed by atoms with Gasteiger partial charge in [0.05, 0.1) is 11.6 Å². The summed E-state index contributed by atoms with van der Waals surface area (Å²) in [4.78, 5) is 34.2. The van der Waals surface area contributed by atoms with Gasteiger partial charge < -0.3 is 4.98 Å². The van der Waals surface area contributed by atoms with Crippen LogP contribution in [0, 0.1) is 11.3 Å². The lowest BCUT2D eigenvalue weighted by Crippen LogP contribution is -2.21. The monoisotopic (exact) mass is 253 g/mol. The molecule has 0 fully saturated rings. The molecule has 0 spiro atoms. The Morgan fingerprint density at radius 2 is 2.00 bits per heavy atom. The Morgan fingerprint density at radius 1 is 1.16 bits per heavy atom. The molecule has 19 heavy (non-hydrogen) atoms. The van der Waals surface area contributed by atoms with Crippen LogP contribution in [-0.2, 0) is 0 Å². The van der Waals surface area contributed by atoms with E-state index in [9.17, 15) is 9.59 Å². The lowest BCUT2D eigenvalue weighted by Gasteiger charge is -1.95. The molecule has 3 N–H and O–H groups in total. The number of rotatable bonds is 1. The predicted molar refractivity (Wildman–Crippen MR) is 67.5 cm³/mol. The van der Waals surface area contributed by atoms with Gasteiger partial charge in [0.1, 0.15) is 11.3 Å². The van der Waals surface area contributed by atoms with E-state index in [0.717, 1.165) is 0 Å². The second-order valence-corrected chi connectivity index (χ2v) is 3.91. The SMILES string of the molecule is N#Cc1cccc(-c2nc3[nH]c(=O)[nH]c(=O)c3[nH]2)c1. The molecule has 2 aromatic heterocycles. The van der Waals surface area contributed by atoms with E-state index in [-0.39, 0.29) is 11.2 Å². The summed E-state index contributed by atoms with van der Waals surface area (Å²) in [7, 11) is 0. The summed E-state index contributed by atoms with van der Waals surface area (Å²) in [6, 6.07) is 8.81. The fourth-order valence-electron chi connectivity index (χ4n) is 1.81. The number of aromatic amines is 3. The van der Waals surface area contributed by atoms with Crippen molar-refractivity contribution in [3.63, 3.8) is 0 Å². The summed E-state index contributed by atoms with van der Waals surface area (Å²) in [5.41, 5.74) is 0.384. The number of fused-ring (bicyclic) bond motifs is 1. The molecule has 0 aliphatic carbocycles. The molecule has 0 atom stereocenters. The van der Waals surface area contributed by atoms with Crippen LogP contribution in [0.15, 0.2) is 33.9 Å². The van der Waals surface area contributed by atoms with E-state index in [2.05, 4.69) is 19.9 Å². The van der Waals surface area contributed by atoms with Crippen LogP contribution in [-0.4, -0.2) is 19.9 Å². The molecule has 2 heterocycles. The lowest BCUT2D eigenvalue weighted by molar-refractivity contribution is 1.07. The zero-order valence-electron chi connectivity index (χ0n) is 9.52. The van der Waals surface area contributed by atoms with E-state index in [4.69, 9.17) is 5.26 Å². The van der Waals surface area contributed by atoms with Crippen molar-refractivity contribution in [2.75, 3.05) is 0 Å². The second-order valence-electron chi connectivity index (χ2n) is 3.91. The first kappa shape index (κ1) is 11.0. The third-order valence-electron chi connectivity index (χ3n) is 2.65. The number of nitrogens with zero attached hydrogens (tertiary/aromatic N) is 2. The summed E-state index contributed by atoms with van der Waals surface area (Å²) >= 11 is 0. The van der Waals surface area contributed by atoms with Gasteiger partial charge in [0.15, 0.2) is 5.65 Å². The number of benzene rings is 1.